The first-order chi connectivity index (χ1) is 10.2. The van der Waals surface area contributed by atoms with E-state index in [4.69, 9.17) is 16.7 Å². The molecule has 1 saturated heterocycles. The van der Waals surface area contributed by atoms with Crippen LogP contribution in [0.3, 0.4) is 0 Å². The van der Waals surface area contributed by atoms with Crippen LogP contribution in [0.4, 0.5) is 5.69 Å². The molecular weight excluding hydrogens is 336 g/mol. The second-order valence-electron chi connectivity index (χ2n) is 4.92. The van der Waals surface area contributed by atoms with Crippen LogP contribution in [0.2, 0.25) is 5.02 Å². The monoisotopic (exact) mass is 348 g/mol. The Bertz CT molecular complexity index is 748. The van der Waals surface area contributed by atoms with Crippen molar-refractivity contribution in [1.82, 2.24) is 4.31 Å². The topological polar surface area (TPSA) is 118 Å². The summed E-state index contributed by atoms with van der Waals surface area (Å²) in [6.45, 7) is 1.46. The summed E-state index contributed by atoms with van der Waals surface area (Å²) in [6, 6.07) is 0.855. The zero-order chi connectivity index (χ0) is 16.7. The predicted molar refractivity (Wildman–Crippen MR) is 77.4 cm³/mol. The lowest BCUT2D eigenvalue weighted by atomic mass is 10.2. The van der Waals surface area contributed by atoms with Gasteiger partial charge in [0.2, 0.25) is 10.0 Å². The van der Waals surface area contributed by atoms with Gasteiger partial charge in [-0.25, -0.2) is 8.42 Å². The summed E-state index contributed by atoms with van der Waals surface area (Å²) < 4.78 is 26.0. The highest BCUT2D eigenvalue weighted by Crippen LogP contribution is 2.33. The highest BCUT2D eigenvalue weighted by Gasteiger charge is 2.40. The first kappa shape index (κ1) is 16.7. The second-order valence-corrected chi connectivity index (χ2v) is 7.22. The van der Waals surface area contributed by atoms with Crippen molar-refractivity contribution in [3.8, 4) is 0 Å². The third-order valence-corrected chi connectivity index (χ3v) is 5.86. The van der Waals surface area contributed by atoms with E-state index in [2.05, 4.69) is 0 Å². The molecule has 2 rings (SSSR count). The first-order valence-electron chi connectivity index (χ1n) is 6.35. The summed E-state index contributed by atoms with van der Waals surface area (Å²) in [5.41, 5.74) is -0.265. The molecule has 0 saturated carbocycles. The molecule has 0 radical (unpaired) electrons. The van der Waals surface area contributed by atoms with Crippen molar-refractivity contribution < 1.29 is 23.2 Å². The lowest BCUT2D eigenvalue weighted by molar-refractivity contribution is -0.385. The molecule has 1 fully saturated rings. The molecule has 0 bridgehead atoms. The Labute approximate surface area is 131 Å². The summed E-state index contributed by atoms with van der Waals surface area (Å²) in [7, 11) is -4.16. The van der Waals surface area contributed by atoms with Gasteiger partial charge in [0.25, 0.3) is 5.69 Å². The fourth-order valence-corrected chi connectivity index (χ4v) is 4.37. The Morgan fingerprint density at radius 1 is 1.50 bits per heavy atom. The van der Waals surface area contributed by atoms with Gasteiger partial charge in [0, 0.05) is 18.2 Å². The van der Waals surface area contributed by atoms with Gasteiger partial charge in [-0.15, -0.1) is 0 Å². The largest absolute Gasteiger partial charge is 0.480 e. The average molecular weight is 349 g/mol. The second kappa shape index (κ2) is 5.82. The number of carbonyl (C=O) groups is 1. The lowest BCUT2D eigenvalue weighted by Crippen LogP contribution is -2.40. The van der Waals surface area contributed by atoms with Gasteiger partial charge in [-0.05, 0) is 25.8 Å². The number of rotatable bonds is 4. The third kappa shape index (κ3) is 2.79. The van der Waals surface area contributed by atoms with Gasteiger partial charge in [-0.3, -0.25) is 14.9 Å². The number of aliphatic carboxylic acids is 1. The van der Waals surface area contributed by atoms with Gasteiger partial charge < -0.3 is 5.11 Å². The fraction of sp³-hybridized carbons (Fsp3) is 0.417. The lowest BCUT2D eigenvalue weighted by Gasteiger charge is -2.21. The van der Waals surface area contributed by atoms with Crippen LogP contribution in [0.15, 0.2) is 17.0 Å². The van der Waals surface area contributed by atoms with Gasteiger partial charge in [0.15, 0.2) is 0 Å². The van der Waals surface area contributed by atoms with Crippen LogP contribution in [0.1, 0.15) is 18.4 Å². The van der Waals surface area contributed by atoms with Gasteiger partial charge in [-0.1, -0.05) is 11.6 Å². The Morgan fingerprint density at radius 2 is 2.14 bits per heavy atom. The number of sulfonamides is 1. The fourth-order valence-electron chi connectivity index (χ4n) is 2.39. The average Bonchev–Trinajstić information content (AvgIpc) is 2.91. The zero-order valence-electron chi connectivity index (χ0n) is 11.5. The molecule has 1 heterocycles. The number of benzene rings is 1. The van der Waals surface area contributed by atoms with E-state index in [0.717, 1.165) is 16.4 Å². The van der Waals surface area contributed by atoms with Gasteiger partial charge in [0.05, 0.1) is 14.8 Å². The number of halogens is 1. The summed E-state index contributed by atoms with van der Waals surface area (Å²) in [6.07, 6.45) is 0.619. The molecule has 1 N–H and O–H groups in total. The number of hydrogen-bond donors (Lipinski definition) is 1. The van der Waals surface area contributed by atoms with E-state index in [-0.39, 0.29) is 28.4 Å². The Morgan fingerprint density at radius 3 is 2.68 bits per heavy atom. The normalized spacial score (nSPS) is 19.3. The van der Waals surface area contributed by atoms with Crippen molar-refractivity contribution in [1.29, 1.82) is 0 Å². The van der Waals surface area contributed by atoms with E-state index >= 15 is 0 Å². The molecule has 10 heteroatoms. The molecule has 0 amide bonds. The maximum atomic E-state index is 12.6. The highest BCUT2D eigenvalue weighted by molar-refractivity contribution is 7.89. The van der Waals surface area contributed by atoms with E-state index in [1.165, 1.54) is 6.92 Å². The molecule has 0 aromatic heterocycles. The summed E-state index contributed by atoms with van der Waals surface area (Å²) in [4.78, 5) is 21.0. The van der Waals surface area contributed by atoms with Crippen LogP contribution < -0.4 is 0 Å². The Balaban J connectivity index is 2.55. The van der Waals surface area contributed by atoms with Crippen LogP contribution in [0, 0.1) is 17.0 Å². The molecule has 0 spiro atoms. The standard InChI is InChI=1S/C12H13ClN2O6S/c1-7-9(13)5-8(6-11(7)15(18)19)22(20,21)14-4-2-3-10(14)12(16)17/h5-6,10H,2-4H2,1H3,(H,16,17)/t10-/m0/s1. The van der Waals surface area contributed by atoms with Crippen molar-refractivity contribution in [3.63, 3.8) is 0 Å². The van der Waals surface area contributed by atoms with Crippen molar-refractivity contribution in [2.24, 2.45) is 0 Å². The van der Waals surface area contributed by atoms with Crippen LogP contribution in [0.5, 0.6) is 0 Å². The molecular formula is C12H13ClN2O6S. The molecule has 22 heavy (non-hydrogen) atoms. The first-order valence-corrected chi connectivity index (χ1v) is 8.17. The van der Waals surface area contributed by atoms with E-state index in [1.54, 1.807) is 0 Å². The van der Waals surface area contributed by atoms with Crippen LogP contribution in [-0.2, 0) is 14.8 Å². The van der Waals surface area contributed by atoms with E-state index < -0.39 is 32.6 Å². The quantitative estimate of drug-likeness (QED) is 0.654. The molecule has 0 unspecified atom stereocenters. The zero-order valence-corrected chi connectivity index (χ0v) is 13.1. The molecule has 1 aliphatic heterocycles. The van der Waals surface area contributed by atoms with E-state index in [9.17, 15) is 23.3 Å². The maximum absolute atomic E-state index is 12.6. The number of nitrogens with zero attached hydrogens (tertiary/aromatic N) is 2. The summed E-state index contributed by atoms with van der Waals surface area (Å²) in [5.74, 6) is -1.24. The van der Waals surface area contributed by atoms with Gasteiger partial charge in [-0.2, -0.15) is 4.31 Å². The minimum atomic E-state index is -4.16. The molecule has 1 atom stereocenters. The van der Waals surface area contributed by atoms with Gasteiger partial charge in [0.1, 0.15) is 6.04 Å². The highest BCUT2D eigenvalue weighted by atomic mass is 35.5. The molecule has 0 aliphatic carbocycles. The molecule has 1 aliphatic rings. The molecule has 120 valence electrons. The van der Waals surface area contributed by atoms with Crippen molar-refractivity contribution in [3.05, 3.63) is 32.8 Å². The van der Waals surface area contributed by atoms with E-state index in [1.807, 2.05) is 0 Å². The Hall–Kier alpha value is -1.71. The van der Waals surface area contributed by atoms with E-state index in [0.29, 0.717) is 6.42 Å². The Kier molecular flexibility index (Phi) is 4.41. The summed E-state index contributed by atoms with van der Waals surface area (Å²) in [5, 5.41) is 20.0. The van der Waals surface area contributed by atoms with Crippen molar-refractivity contribution >= 4 is 33.3 Å². The SMILES string of the molecule is Cc1c(Cl)cc(S(=O)(=O)N2CCC[C@H]2C(=O)O)cc1[N+](=O)[O-]. The molecule has 8 nitrogen and oxygen atoms in total. The maximum Gasteiger partial charge on any atom is 0.322 e. The van der Waals surface area contributed by atoms with Crippen LogP contribution in [-0.4, -0.2) is 41.3 Å². The molecule has 1 aromatic rings. The van der Waals surface area contributed by atoms with Crippen molar-refractivity contribution in [2.75, 3.05) is 6.54 Å². The smallest absolute Gasteiger partial charge is 0.322 e. The summed E-state index contributed by atoms with van der Waals surface area (Å²) >= 11 is 5.87. The number of nitro benzene ring substituents is 1. The predicted octanol–water partition coefficient (Wildman–Crippen LogP) is 1.79. The minimum absolute atomic E-state index is 0.0542. The number of carboxylic acids is 1. The number of carboxylic acid groups (broad SMARTS) is 1. The van der Waals surface area contributed by atoms with Gasteiger partial charge >= 0.3 is 5.97 Å². The third-order valence-electron chi connectivity index (χ3n) is 3.58. The van der Waals surface area contributed by atoms with Crippen LogP contribution in [0.25, 0.3) is 0 Å². The van der Waals surface area contributed by atoms with Crippen molar-refractivity contribution in [2.45, 2.75) is 30.7 Å². The number of hydrogen-bond acceptors (Lipinski definition) is 5. The number of nitro groups is 1. The molecule has 1 aromatic carbocycles. The minimum Gasteiger partial charge on any atom is -0.480 e. The van der Waals surface area contributed by atoms with Crippen LogP contribution >= 0.6 is 11.6 Å².